The maximum absolute atomic E-state index is 12.3. The molecule has 1 fully saturated rings. The summed E-state index contributed by atoms with van der Waals surface area (Å²) < 4.78 is 25.8. The Kier molecular flexibility index (Phi) is 5.03. The van der Waals surface area contributed by atoms with Crippen LogP contribution in [0.1, 0.15) is 29.9 Å². The van der Waals surface area contributed by atoms with Crippen molar-refractivity contribution in [3.05, 3.63) is 47.8 Å². The molecule has 1 aliphatic rings. The molecule has 0 atom stereocenters. The molecule has 1 N–H and O–H groups in total. The van der Waals surface area contributed by atoms with E-state index in [2.05, 4.69) is 15.1 Å². The highest BCUT2D eigenvalue weighted by atomic mass is 32.2. The number of hydrogen-bond acceptors (Lipinski definition) is 4. The van der Waals surface area contributed by atoms with Crippen molar-refractivity contribution in [3.8, 4) is 0 Å². The number of H-pyrrole nitrogens is 1. The van der Waals surface area contributed by atoms with Crippen molar-refractivity contribution >= 4 is 10.0 Å². The van der Waals surface area contributed by atoms with Gasteiger partial charge in [-0.2, -0.15) is 5.10 Å². The SMILES string of the molecule is CN(C)S(=O)(=O)c1cccc(CN2CCC(c3cn[nH]c3)CC2)c1. The fourth-order valence-corrected chi connectivity index (χ4v) is 4.15. The Bertz CT molecular complexity index is 764. The molecule has 0 spiro atoms. The van der Waals surface area contributed by atoms with Crippen molar-refractivity contribution in [3.63, 3.8) is 0 Å². The second kappa shape index (κ2) is 7.04. The van der Waals surface area contributed by atoms with E-state index in [0.717, 1.165) is 38.0 Å². The molecule has 130 valence electrons. The monoisotopic (exact) mass is 348 g/mol. The average molecular weight is 348 g/mol. The van der Waals surface area contributed by atoms with Crippen LogP contribution < -0.4 is 0 Å². The number of nitrogens with zero attached hydrogens (tertiary/aromatic N) is 3. The van der Waals surface area contributed by atoms with E-state index in [1.807, 2.05) is 24.5 Å². The predicted octanol–water partition coefficient (Wildman–Crippen LogP) is 2.04. The van der Waals surface area contributed by atoms with Gasteiger partial charge in [-0.15, -0.1) is 0 Å². The third-order valence-electron chi connectivity index (χ3n) is 4.66. The molecular formula is C17H24N4O2S. The predicted molar refractivity (Wildman–Crippen MR) is 93.2 cm³/mol. The van der Waals surface area contributed by atoms with Crippen LogP contribution in [0, 0.1) is 0 Å². The number of hydrogen-bond donors (Lipinski definition) is 1. The average Bonchev–Trinajstić information content (AvgIpc) is 3.10. The number of nitrogens with one attached hydrogen (secondary N) is 1. The van der Waals surface area contributed by atoms with E-state index in [0.29, 0.717) is 10.8 Å². The summed E-state index contributed by atoms with van der Waals surface area (Å²) in [7, 11) is -0.258. The second-order valence-electron chi connectivity index (χ2n) is 6.52. The van der Waals surface area contributed by atoms with Crippen LogP contribution in [0.3, 0.4) is 0 Å². The van der Waals surface area contributed by atoms with Gasteiger partial charge in [0, 0.05) is 26.8 Å². The normalized spacial score (nSPS) is 17.5. The first-order valence-corrected chi connectivity index (χ1v) is 9.63. The smallest absolute Gasteiger partial charge is 0.242 e. The molecule has 7 heteroatoms. The molecule has 6 nitrogen and oxygen atoms in total. The van der Waals surface area contributed by atoms with Gasteiger partial charge in [0.1, 0.15) is 0 Å². The van der Waals surface area contributed by atoms with Crippen LogP contribution in [0.4, 0.5) is 0 Å². The maximum atomic E-state index is 12.3. The summed E-state index contributed by atoms with van der Waals surface area (Å²) in [6.45, 7) is 2.82. The molecule has 0 unspecified atom stereocenters. The number of sulfonamides is 1. The number of likely N-dealkylation sites (tertiary alicyclic amines) is 1. The molecule has 0 amide bonds. The Morgan fingerprint density at radius 1 is 1.29 bits per heavy atom. The van der Waals surface area contributed by atoms with E-state index in [1.165, 1.54) is 9.87 Å². The molecule has 0 radical (unpaired) electrons. The van der Waals surface area contributed by atoms with Crippen LogP contribution in [-0.4, -0.2) is 55.0 Å². The molecule has 3 rings (SSSR count). The van der Waals surface area contributed by atoms with Gasteiger partial charge < -0.3 is 0 Å². The van der Waals surface area contributed by atoms with E-state index in [9.17, 15) is 8.42 Å². The number of aromatic nitrogens is 2. The summed E-state index contributed by atoms with van der Waals surface area (Å²) >= 11 is 0. The molecule has 1 saturated heterocycles. The van der Waals surface area contributed by atoms with Gasteiger partial charge in [-0.1, -0.05) is 12.1 Å². The molecule has 24 heavy (non-hydrogen) atoms. The zero-order chi connectivity index (χ0) is 17.2. The van der Waals surface area contributed by atoms with Crippen LogP contribution in [0.25, 0.3) is 0 Å². The molecule has 0 aliphatic carbocycles. The highest BCUT2D eigenvalue weighted by Gasteiger charge is 2.22. The van der Waals surface area contributed by atoms with Crippen LogP contribution in [0.5, 0.6) is 0 Å². The van der Waals surface area contributed by atoms with Gasteiger partial charge >= 0.3 is 0 Å². The van der Waals surface area contributed by atoms with Gasteiger partial charge in [0.05, 0.1) is 11.1 Å². The largest absolute Gasteiger partial charge is 0.299 e. The fraction of sp³-hybridized carbons (Fsp3) is 0.471. The number of aromatic amines is 1. The Morgan fingerprint density at radius 2 is 2.04 bits per heavy atom. The van der Waals surface area contributed by atoms with Crippen molar-refractivity contribution in [1.29, 1.82) is 0 Å². The van der Waals surface area contributed by atoms with Crippen LogP contribution in [0.15, 0.2) is 41.6 Å². The minimum Gasteiger partial charge on any atom is -0.299 e. The number of benzene rings is 1. The number of rotatable bonds is 5. The Morgan fingerprint density at radius 3 is 2.67 bits per heavy atom. The van der Waals surface area contributed by atoms with Gasteiger partial charge in [0.2, 0.25) is 10.0 Å². The van der Waals surface area contributed by atoms with E-state index in [1.54, 1.807) is 26.2 Å². The van der Waals surface area contributed by atoms with Crippen molar-refractivity contribution in [2.45, 2.75) is 30.2 Å². The third kappa shape index (κ3) is 3.68. The maximum Gasteiger partial charge on any atom is 0.242 e. The molecule has 2 heterocycles. The van der Waals surface area contributed by atoms with Gasteiger partial charge in [-0.25, -0.2) is 12.7 Å². The molecule has 1 aliphatic heterocycles. The van der Waals surface area contributed by atoms with Crippen LogP contribution in [0.2, 0.25) is 0 Å². The highest BCUT2D eigenvalue weighted by molar-refractivity contribution is 7.89. The van der Waals surface area contributed by atoms with Crippen LogP contribution in [-0.2, 0) is 16.6 Å². The highest BCUT2D eigenvalue weighted by Crippen LogP contribution is 2.28. The second-order valence-corrected chi connectivity index (χ2v) is 8.67. The van der Waals surface area contributed by atoms with E-state index >= 15 is 0 Å². The minimum absolute atomic E-state index is 0.360. The Balaban J connectivity index is 1.63. The summed E-state index contributed by atoms with van der Waals surface area (Å²) in [5.74, 6) is 0.570. The lowest BCUT2D eigenvalue weighted by molar-refractivity contribution is 0.204. The first kappa shape index (κ1) is 17.1. The molecule has 1 aromatic carbocycles. The first-order valence-electron chi connectivity index (χ1n) is 8.19. The number of piperidine rings is 1. The van der Waals surface area contributed by atoms with Crippen molar-refractivity contribution in [1.82, 2.24) is 19.4 Å². The van der Waals surface area contributed by atoms with Crippen molar-refractivity contribution in [2.24, 2.45) is 0 Å². The zero-order valence-electron chi connectivity index (χ0n) is 14.1. The molecular weight excluding hydrogens is 324 g/mol. The van der Waals surface area contributed by atoms with Crippen molar-refractivity contribution in [2.75, 3.05) is 27.2 Å². The van der Waals surface area contributed by atoms with Gasteiger partial charge in [0.25, 0.3) is 0 Å². The quantitative estimate of drug-likeness (QED) is 0.898. The van der Waals surface area contributed by atoms with Gasteiger partial charge in [0.15, 0.2) is 0 Å². The van der Waals surface area contributed by atoms with Gasteiger partial charge in [-0.05, 0) is 55.1 Å². The zero-order valence-corrected chi connectivity index (χ0v) is 15.0. The Hall–Kier alpha value is -1.70. The lowest BCUT2D eigenvalue weighted by Gasteiger charge is -2.31. The standard InChI is InChI=1S/C17H24N4O2S/c1-20(2)24(22,23)17-5-3-4-14(10-17)13-21-8-6-15(7-9-21)16-11-18-19-12-16/h3-5,10-12,15H,6-9,13H2,1-2H3,(H,18,19). The van der Waals surface area contributed by atoms with E-state index in [4.69, 9.17) is 0 Å². The molecule has 0 saturated carbocycles. The summed E-state index contributed by atoms with van der Waals surface area (Å²) in [6, 6.07) is 7.27. The fourth-order valence-electron chi connectivity index (χ4n) is 3.18. The Labute approximate surface area is 143 Å². The van der Waals surface area contributed by atoms with E-state index in [-0.39, 0.29) is 0 Å². The minimum atomic E-state index is -3.37. The molecule has 1 aromatic heterocycles. The molecule has 2 aromatic rings. The summed E-state index contributed by atoms with van der Waals surface area (Å²) in [5, 5.41) is 6.91. The topological polar surface area (TPSA) is 69.3 Å². The summed E-state index contributed by atoms with van der Waals surface area (Å²) in [6.07, 6.45) is 6.11. The summed E-state index contributed by atoms with van der Waals surface area (Å²) in [5.41, 5.74) is 2.33. The van der Waals surface area contributed by atoms with Crippen molar-refractivity contribution < 1.29 is 8.42 Å². The van der Waals surface area contributed by atoms with Gasteiger partial charge in [-0.3, -0.25) is 10.00 Å². The van der Waals surface area contributed by atoms with Crippen LogP contribution >= 0.6 is 0 Å². The first-order chi connectivity index (χ1) is 11.5. The lowest BCUT2D eigenvalue weighted by atomic mass is 9.91. The molecule has 0 bridgehead atoms. The third-order valence-corrected chi connectivity index (χ3v) is 6.47. The lowest BCUT2D eigenvalue weighted by Crippen LogP contribution is -2.32. The van der Waals surface area contributed by atoms with E-state index < -0.39 is 10.0 Å². The summed E-state index contributed by atoms with van der Waals surface area (Å²) in [4.78, 5) is 2.75.